The van der Waals surface area contributed by atoms with Crippen LogP contribution in [0.4, 0.5) is 0 Å². The molecule has 114 valence electrons. The van der Waals surface area contributed by atoms with Crippen LogP contribution in [0.25, 0.3) is 11.5 Å². The van der Waals surface area contributed by atoms with Crippen molar-refractivity contribution < 1.29 is 9.59 Å². The number of hydrogen-bond donors (Lipinski definition) is 2. The van der Waals surface area contributed by atoms with E-state index in [1.54, 1.807) is 32.3 Å². The smallest absolute Gasteiger partial charge is 0.254 e. The van der Waals surface area contributed by atoms with Crippen LogP contribution >= 0.6 is 0 Å². The summed E-state index contributed by atoms with van der Waals surface area (Å²) in [4.78, 5) is 35.7. The highest BCUT2D eigenvalue weighted by Crippen LogP contribution is 2.10. The van der Waals surface area contributed by atoms with Crippen LogP contribution in [0, 0.1) is 5.92 Å². The van der Waals surface area contributed by atoms with E-state index >= 15 is 0 Å². The van der Waals surface area contributed by atoms with Crippen molar-refractivity contribution in [1.82, 2.24) is 25.6 Å². The zero-order chi connectivity index (χ0) is 15.9. The van der Waals surface area contributed by atoms with E-state index in [1.165, 1.54) is 12.4 Å². The minimum Gasteiger partial charge on any atom is -0.359 e. The molecule has 2 aromatic rings. The first-order valence-corrected chi connectivity index (χ1v) is 6.85. The van der Waals surface area contributed by atoms with Gasteiger partial charge in [0.2, 0.25) is 5.91 Å². The van der Waals surface area contributed by atoms with Crippen LogP contribution in [-0.2, 0) is 4.79 Å². The molecule has 7 heteroatoms. The predicted octanol–water partition coefficient (Wildman–Crippen LogP) is 0.650. The van der Waals surface area contributed by atoms with Crippen molar-refractivity contribution in [2.45, 2.75) is 6.92 Å². The van der Waals surface area contributed by atoms with Gasteiger partial charge in [0.15, 0.2) is 5.82 Å². The second kappa shape index (κ2) is 7.26. The van der Waals surface area contributed by atoms with Gasteiger partial charge >= 0.3 is 0 Å². The van der Waals surface area contributed by atoms with E-state index in [0.717, 1.165) is 0 Å². The van der Waals surface area contributed by atoms with Gasteiger partial charge in [0.1, 0.15) is 5.69 Å². The Morgan fingerprint density at radius 2 is 1.91 bits per heavy atom. The van der Waals surface area contributed by atoms with Crippen LogP contribution in [0.3, 0.4) is 0 Å². The molecule has 22 heavy (non-hydrogen) atoms. The summed E-state index contributed by atoms with van der Waals surface area (Å²) in [6, 6.07) is 5.44. The summed E-state index contributed by atoms with van der Waals surface area (Å²) >= 11 is 0. The Labute approximate surface area is 128 Å². The quantitative estimate of drug-likeness (QED) is 0.845. The molecule has 0 aliphatic heterocycles. The lowest BCUT2D eigenvalue weighted by atomic mass is 10.1. The highest BCUT2D eigenvalue weighted by atomic mass is 16.2. The Morgan fingerprint density at radius 1 is 1.18 bits per heavy atom. The maximum absolute atomic E-state index is 12.0. The largest absolute Gasteiger partial charge is 0.359 e. The number of amides is 2. The fourth-order valence-corrected chi connectivity index (χ4v) is 1.76. The molecule has 1 atom stereocenters. The minimum absolute atomic E-state index is 0.123. The van der Waals surface area contributed by atoms with Gasteiger partial charge in [-0.25, -0.2) is 9.97 Å². The Balaban J connectivity index is 1.98. The number of rotatable bonds is 5. The first kappa shape index (κ1) is 15.6. The number of nitrogens with zero attached hydrogens (tertiary/aromatic N) is 3. The molecule has 0 fully saturated rings. The van der Waals surface area contributed by atoms with Gasteiger partial charge in [-0.05, 0) is 12.1 Å². The summed E-state index contributed by atoms with van der Waals surface area (Å²) < 4.78 is 0. The first-order valence-electron chi connectivity index (χ1n) is 6.85. The van der Waals surface area contributed by atoms with Gasteiger partial charge in [-0.3, -0.25) is 14.6 Å². The molecular weight excluding hydrogens is 282 g/mol. The van der Waals surface area contributed by atoms with E-state index in [2.05, 4.69) is 25.6 Å². The first-order chi connectivity index (χ1) is 10.6. The zero-order valence-corrected chi connectivity index (χ0v) is 12.4. The Hall–Kier alpha value is -2.83. The molecule has 2 N–H and O–H groups in total. The van der Waals surface area contributed by atoms with Crippen molar-refractivity contribution in [2.24, 2.45) is 5.92 Å². The van der Waals surface area contributed by atoms with Gasteiger partial charge < -0.3 is 10.6 Å². The van der Waals surface area contributed by atoms with Crippen molar-refractivity contribution in [3.63, 3.8) is 0 Å². The number of carbonyl (C=O) groups is 2. The van der Waals surface area contributed by atoms with Crippen molar-refractivity contribution >= 4 is 11.8 Å². The SMILES string of the molecule is CNC(=O)C(C)CNC(=O)c1cnc(-c2ccccn2)nc1. The summed E-state index contributed by atoms with van der Waals surface area (Å²) in [5, 5.41) is 5.21. The van der Waals surface area contributed by atoms with Crippen molar-refractivity contribution in [3.05, 3.63) is 42.4 Å². The van der Waals surface area contributed by atoms with Gasteiger partial charge in [0.05, 0.1) is 11.5 Å². The van der Waals surface area contributed by atoms with Gasteiger partial charge in [0, 0.05) is 32.2 Å². The molecule has 2 aromatic heterocycles. The lowest BCUT2D eigenvalue weighted by Gasteiger charge is -2.11. The Kier molecular flexibility index (Phi) is 5.13. The number of carbonyl (C=O) groups excluding carboxylic acids is 2. The van der Waals surface area contributed by atoms with E-state index in [4.69, 9.17) is 0 Å². The second-order valence-corrected chi connectivity index (χ2v) is 4.74. The Morgan fingerprint density at radius 3 is 2.50 bits per heavy atom. The van der Waals surface area contributed by atoms with E-state index in [0.29, 0.717) is 17.1 Å². The van der Waals surface area contributed by atoms with Gasteiger partial charge in [-0.2, -0.15) is 0 Å². The second-order valence-electron chi connectivity index (χ2n) is 4.74. The average molecular weight is 299 g/mol. The summed E-state index contributed by atoms with van der Waals surface area (Å²) in [6.45, 7) is 1.99. The van der Waals surface area contributed by atoms with E-state index in [1.807, 2.05) is 6.07 Å². The maximum Gasteiger partial charge on any atom is 0.254 e. The number of aromatic nitrogens is 3. The fraction of sp³-hybridized carbons (Fsp3) is 0.267. The molecule has 0 aliphatic carbocycles. The van der Waals surface area contributed by atoms with Crippen LogP contribution < -0.4 is 10.6 Å². The van der Waals surface area contributed by atoms with Crippen molar-refractivity contribution in [3.8, 4) is 11.5 Å². The van der Waals surface area contributed by atoms with E-state index in [9.17, 15) is 9.59 Å². The summed E-state index contributed by atoms with van der Waals surface area (Å²) in [5.41, 5.74) is 0.978. The molecule has 2 heterocycles. The van der Waals surface area contributed by atoms with Crippen molar-refractivity contribution in [2.75, 3.05) is 13.6 Å². The minimum atomic E-state index is -0.316. The van der Waals surface area contributed by atoms with Crippen LogP contribution in [0.5, 0.6) is 0 Å². The fourth-order valence-electron chi connectivity index (χ4n) is 1.76. The summed E-state index contributed by atoms with van der Waals surface area (Å²) in [7, 11) is 1.56. The number of pyridine rings is 1. The molecular formula is C15H17N5O2. The normalized spacial score (nSPS) is 11.5. The zero-order valence-electron chi connectivity index (χ0n) is 12.4. The molecule has 2 amide bonds. The lowest BCUT2D eigenvalue weighted by molar-refractivity contribution is -0.123. The van der Waals surface area contributed by atoms with Crippen LogP contribution in [0.2, 0.25) is 0 Å². The van der Waals surface area contributed by atoms with Gasteiger partial charge in [-0.1, -0.05) is 13.0 Å². The Bertz CT molecular complexity index is 643. The molecule has 2 rings (SSSR count). The molecule has 7 nitrogen and oxygen atoms in total. The molecule has 0 saturated carbocycles. The van der Waals surface area contributed by atoms with Crippen LogP contribution in [0.1, 0.15) is 17.3 Å². The van der Waals surface area contributed by atoms with Gasteiger partial charge in [0.25, 0.3) is 5.91 Å². The molecule has 0 radical (unpaired) electrons. The van der Waals surface area contributed by atoms with Crippen molar-refractivity contribution in [1.29, 1.82) is 0 Å². The molecule has 0 spiro atoms. The third kappa shape index (κ3) is 3.85. The molecule has 0 bridgehead atoms. The third-order valence-corrected chi connectivity index (χ3v) is 3.07. The van der Waals surface area contributed by atoms with Gasteiger partial charge in [-0.15, -0.1) is 0 Å². The van der Waals surface area contributed by atoms with E-state index in [-0.39, 0.29) is 24.3 Å². The topological polar surface area (TPSA) is 96.9 Å². The monoisotopic (exact) mass is 299 g/mol. The highest BCUT2D eigenvalue weighted by Gasteiger charge is 2.14. The highest BCUT2D eigenvalue weighted by molar-refractivity contribution is 5.94. The maximum atomic E-state index is 12.0. The lowest BCUT2D eigenvalue weighted by Crippen LogP contribution is -2.36. The number of nitrogens with one attached hydrogen (secondary N) is 2. The van der Waals surface area contributed by atoms with E-state index < -0.39 is 0 Å². The summed E-state index contributed by atoms with van der Waals surface area (Å²) in [6.07, 6.45) is 4.54. The van der Waals surface area contributed by atoms with Crippen LogP contribution in [0.15, 0.2) is 36.8 Å². The standard InChI is InChI=1S/C15H17N5O2/c1-10(14(21)16-2)7-20-15(22)11-8-18-13(19-9-11)12-5-3-4-6-17-12/h3-6,8-10H,7H2,1-2H3,(H,16,21)(H,20,22). The molecule has 1 unspecified atom stereocenters. The average Bonchev–Trinajstić information content (AvgIpc) is 2.59. The van der Waals surface area contributed by atoms with Crippen LogP contribution in [-0.4, -0.2) is 40.4 Å². The number of hydrogen-bond acceptors (Lipinski definition) is 5. The molecule has 0 aromatic carbocycles. The molecule has 0 saturated heterocycles. The third-order valence-electron chi connectivity index (χ3n) is 3.07. The molecule has 0 aliphatic rings. The summed E-state index contributed by atoms with van der Waals surface area (Å²) in [5.74, 6) is -0.288. The predicted molar refractivity (Wildman–Crippen MR) is 80.8 cm³/mol.